The maximum Gasteiger partial charge on any atom is 0.217 e. The lowest BCUT2D eigenvalue weighted by Gasteiger charge is -2.12. The van der Waals surface area contributed by atoms with Crippen LogP contribution in [0.2, 0.25) is 0 Å². The fraction of sp³-hybridized carbons (Fsp3) is 0.643. The summed E-state index contributed by atoms with van der Waals surface area (Å²) in [6.45, 7) is 7.46. The summed E-state index contributed by atoms with van der Waals surface area (Å²) in [5, 5.41) is 3.40. The van der Waals surface area contributed by atoms with E-state index < -0.39 is 0 Å². The van der Waals surface area contributed by atoms with Crippen molar-refractivity contribution in [1.82, 2.24) is 10.3 Å². The van der Waals surface area contributed by atoms with Crippen LogP contribution in [0, 0.1) is 5.92 Å². The molecular weight excluding hydrogens is 308 g/mol. The van der Waals surface area contributed by atoms with E-state index in [4.69, 9.17) is 9.47 Å². The maximum absolute atomic E-state index is 5.70. The van der Waals surface area contributed by atoms with Gasteiger partial charge in [-0.3, -0.25) is 0 Å². The van der Waals surface area contributed by atoms with Crippen molar-refractivity contribution < 1.29 is 9.47 Å². The standard InChI is InChI=1S/C14H23BrN2O2/c1-11(2)8-16-9-12-7-13(15)10-17-14(12)19-6-4-5-18-3/h7,10-11,16H,4-6,8-9H2,1-3H3. The zero-order chi connectivity index (χ0) is 14.1. The fourth-order valence-corrected chi connectivity index (χ4v) is 1.97. The van der Waals surface area contributed by atoms with Gasteiger partial charge in [0.1, 0.15) is 0 Å². The fourth-order valence-electron chi connectivity index (χ4n) is 1.59. The van der Waals surface area contributed by atoms with Gasteiger partial charge >= 0.3 is 0 Å². The molecular formula is C14H23BrN2O2. The monoisotopic (exact) mass is 330 g/mol. The molecule has 0 aliphatic heterocycles. The second kappa shape index (κ2) is 9.28. The van der Waals surface area contributed by atoms with Crippen molar-refractivity contribution in [2.75, 3.05) is 26.9 Å². The number of pyridine rings is 1. The molecule has 1 aromatic heterocycles. The van der Waals surface area contributed by atoms with E-state index in [0.717, 1.165) is 29.5 Å². The Morgan fingerprint density at radius 1 is 1.37 bits per heavy atom. The summed E-state index contributed by atoms with van der Waals surface area (Å²) in [4.78, 5) is 4.32. The summed E-state index contributed by atoms with van der Waals surface area (Å²) in [6, 6.07) is 2.05. The minimum Gasteiger partial charge on any atom is -0.477 e. The van der Waals surface area contributed by atoms with Crippen LogP contribution in [-0.4, -0.2) is 31.9 Å². The Morgan fingerprint density at radius 2 is 2.16 bits per heavy atom. The van der Waals surface area contributed by atoms with E-state index in [1.54, 1.807) is 13.3 Å². The third-order valence-electron chi connectivity index (χ3n) is 2.49. The largest absolute Gasteiger partial charge is 0.477 e. The summed E-state index contributed by atoms with van der Waals surface area (Å²) in [5.74, 6) is 1.33. The van der Waals surface area contributed by atoms with Gasteiger partial charge in [0.2, 0.25) is 5.88 Å². The number of ether oxygens (including phenoxy) is 2. The van der Waals surface area contributed by atoms with Crippen molar-refractivity contribution in [3.8, 4) is 5.88 Å². The van der Waals surface area contributed by atoms with Gasteiger partial charge < -0.3 is 14.8 Å². The second-order valence-electron chi connectivity index (χ2n) is 4.84. The SMILES string of the molecule is COCCCOc1ncc(Br)cc1CNCC(C)C. The lowest BCUT2D eigenvalue weighted by molar-refractivity contribution is 0.170. The summed E-state index contributed by atoms with van der Waals surface area (Å²) in [5.41, 5.74) is 1.08. The molecule has 0 bridgehead atoms. The predicted molar refractivity (Wildman–Crippen MR) is 80.5 cm³/mol. The molecule has 0 fully saturated rings. The van der Waals surface area contributed by atoms with Crippen molar-refractivity contribution in [2.24, 2.45) is 5.92 Å². The van der Waals surface area contributed by atoms with Crippen LogP contribution in [0.5, 0.6) is 5.88 Å². The minimum absolute atomic E-state index is 0.625. The van der Waals surface area contributed by atoms with Crippen LogP contribution < -0.4 is 10.1 Å². The molecule has 1 heterocycles. The number of methoxy groups -OCH3 is 1. The zero-order valence-electron chi connectivity index (χ0n) is 11.9. The maximum atomic E-state index is 5.70. The topological polar surface area (TPSA) is 43.4 Å². The van der Waals surface area contributed by atoms with Crippen LogP contribution in [0.1, 0.15) is 25.8 Å². The molecule has 1 rings (SSSR count). The van der Waals surface area contributed by atoms with Gasteiger partial charge in [-0.25, -0.2) is 4.98 Å². The molecule has 19 heavy (non-hydrogen) atoms. The Hall–Kier alpha value is -0.650. The summed E-state index contributed by atoms with van der Waals surface area (Å²) in [6.07, 6.45) is 2.63. The van der Waals surface area contributed by atoms with E-state index in [0.29, 0.717) is 25.0 Å². The zero-order valence-corrected chi connectivity index (χ0v) is 13.5. The Labute approximate surface area is 124 Å². The van der Waals surface area contributed by atoms with E-state index in [1.165, 1.54) is 0 Å². The van der Waals surface area contributed by atoms with Gasteiger partial charge in [0, 0.05) is 42.9 Å². The molecule has 0 amide bonds. The number of nitrogens with zero attached hydrogens (tertiary/aromatic N) is 1. The van der Waals surface area contributed by atoms with Crippen molar-refractivity contribution in [2.45, 2.75) is 26.8 Å². The molecule has 0 aliphatic carbocycles. The number of halogens is 1. The highest BCUT2D eigenvalue weighted by Crippen LogP contribution is 2.20. The molecule has 108 valence electrons. The van der Waals surface area contributed by atoms with Crippen LogP contribution in [0.3, 0.4) is 0 Å². The average Bonchev–Trinajstić information content (AvgIpc) is 2.36. The quantitative estimate of drug-likeness (QED) is 0.707. The molecule has 0 saturated heterocycles. The van der Waals surface area contributed by atoms with E-state index in [-0.39, 0.29) is 0 Å². The highest BCUT2D eigenvalue weighted by Gasteiger charge is 2.06. The Balaban J connectivity index is 2.53. The Kier molecular flexibility index (Phi) is 8.02. The van der Waals surface area contributed by atoms with Crippen molar-refractivity contribution in [3.63, 3.8) is 0 Å². The van der Waals surface area contributed by atoms with E-state index in [2.05, 4.69) is 40.1 Å². The lowest BCUT2D eigenvalue weighted by Crippen LogP contribution is -2.19. The molecule has 0 radical (unpaired) electrons. The van der Waals surface area contributed by atoms with Crippen LogP contribution in [0.25, 0.3) is 0 Å². The summed E-state index contributed by atoms with van der Waals surface area (Å²) < 4.78 is 11.7. The smallest absolute Gasteiger partial charge is 0.217 e. The van der Waals surface area contributed by atoms with Gasteiger partial charge in [0.05, 0.1) is 6.61 Å². The first kappa shape index (κ1) is 16.4. The minimum atomic E-state index is 0.625. The molecule has 0 aliphatic rings. The number of aromatic nitrogens is 1. The van der Waals surface area contributed by atoms with Crippen LogP contribution >= 0.6 is 15.9 Å². The number of hydrogen-bond donors (Lipinski definition) is 1. The third-order valence-corrected chi connectivity index (χ3v) is 2.93. The summed E-state index contributed by atoms with van der Waals surface area (Å²) >= 11 is 3.44. The van der Waals surface area contributed by atoms with Crippen LogP contribution in [-0.2, 0) is 11.3 Å². The Bertz CT molecular complexity index is 372. The molecule has 1 aromatic rings. The molecule has 0 aromatic carbocycles. The molecule has 4 nitrogen and oxygen atoms in total. The average molecular weight is 331 g/mol. The van der Waals surface area contributed by atoms with Gasteiger partial charge in [-0.2, -0.15) is 0 Å². The number of hydrogen-bond acceptors (Lipinski definition) is 4. The van der Waals surface area contributed by atoms with Gasteiger partial charge in [-0.05, 0) is 34.5 Å². The molecule has 0 spiro atoms. The molecule has 0 unspecified atom stereocenters. The first-order valence-electron chi connectivity index (χ1n) is 6.60. The van der Waals surface area contributed by atoms with Crippen molar-refractivity contribution in [1.29, 1.82) is 0 Å². The summed E-state index contributed by atoms with van der Waals surface area (Å²) in [7, 11) is 1.69. The van der Waals surface area contributed by atoms with Gasteiger partial charge in [0.25, 0.3) is 0 Å². The number of nitrogens with one attached hydrogen (secondary N) is 1. The molecule has 0 atom stereocenters. The Morgan fingerprint density at radius 3 is 2.84 bits per heavy atom. The molecule has 1 N–H and O–H groups in total. The third kappa shape index (κ3) is 6.89. The van der Waals surface area contributed by atoms with Gasteiger partial charge in [0.15, 0.2) is 0 Å². The van der Waals surface area contributed by atoms with E-state index in [9.17, 15) is 0 Å². The van der Waals surface area contributed by atoms with Gasteiger partial charge in [-0.1, -0.05) is 13.8 Å². The molecule has 0 saturated carbocycles. The van der Waals surface area contributed by atoms with Crippen LogP contribution in [0.15, 0.2) is 16.7 Å². The van der Waals surface area contributed by atoms with Crippen molar-refractivity contribution in [3.05, 3.63) is 22.3 Å². The van der Waals surface area contributed by atoms with Gasteiger partial charge in [-0.15, -0.1) is 0 Å². The van der Waals surface area contributed by atoms with E-state index in [1.807, 2.05) is 6.07 Å². The van der Waals surface area contributed by atoms with E-state index >= 15 is 0 Å². The number of rotatable bonds is 9. The first-order chi connectivity index (χ1) is 9.13. The highest BCUT2D eigenvalue weighted by atomic mass is 79.9. The van der Waals surface area contributed by atoms with Crippen molar-refractivity contribution >= 4 is 15.9 Å². The predicted octanol–water partition coefficient (Wildman–Crippen LogP) is 3.01. The van der Waals surface area contributed by atoms with Crippen LogP contribution in [0.4, 0.5) is 0 Å². The first-order valence-corrected chi connectivity index (χ1v) is 7.39. The molecule has 5 heteroatoms. The highest BCUT2D eigenvalue weighted by molar-refractivity contribution is 9.10. The lowest BCUT2D eigenvalue weighted by atomic mass is 10.2. The second-order valence-corrected chi connectivity index (χ2v) is 5.75. The normalized spacial score (nSPS) is 11.0.